The Bertz CT molecular complexity index is 1240. The molecule has 0 N–H and O–H groups in total. The molecule has 1 aliphatic rings. The van der Waals surface area contributed by atoms with E-state index in [9.17, 15) is 17.6 Å². The second-order valence-electron chi connectivity index (χ2n) is 7.36. The molecule has 33 heavy (non-hydrogen) atoms. The second kappa shape index (κ2) is 9.93. The number of piperazine rings is 1. The summed E-state index contributed by atoms with van der Waals surface area (Å²) in [5.74, 6) is -0.346. The first kappa shape index (κ1) is 22.6. The number of halogens is 1. The smallest absolute Gasteiger partial charge is 0.246 e. The van der Waals surface area contributed by atoms with Gasteiger partial charge in [0, 0.05) is 38.5 Å². The Balaban J connectivity index is 1.34. The predicted octanol–water partition coefficient (Wildman–Crippen LogP) is 3.56. The van der Waals surface area contributed by atoms with E-state index >= 15 is 0 Å². The number of nitrogens with zero attached hydrogens (tertiary/aromatic N) is 3. The Hall–Kier alpha value is -3.56. The van der Waals surface area contributed by atoms with Crippen molar-refractivity contribution in [1.29, 1.82) is 0 Å². The van der Waals surface area contributed by atoms with Gasteiger partial charge in [0.1, 0.15) is 5.75 Å². The van der Waals surface area contributed by atoms with Gasteiger partial charge in [0.25, 0.3) is 0 Å². The summed E-state index contributed by atoms with van der Waals surface area (Å²) in [4.78, 5) is 18.3. The number of ether oxygens (including phenoxy) is 1. The minimum Gasteiger partial charge on any atom is -0.453 e. The largest absolute Gasteiger partial charge is 0.453 e. The van der Waals surface area contributed by atoms with E-state index in [1.54, 1.807) is 59.6 Å². The normalized spacial score (nSPS) is 15.0. The number of sulfonamides is 1. The summed E-state index contributed by atoms with van der Waals surface area (Å²) in [6.07, 6.45) is 5.96. The van der Waals surface area contributed by atoms with Gasteiger partial charge in [-0.05, 0) is 48.0 Å². The molecule has 170 valence electrons. The average molecular weight is 468 g/mol. The van der Waals surface area contributed by atoms with Crippen molar-refractivity contribution in [2.24, 2.45) is 0 Å². The van der Waals surface area contributed by atoms with E-state index in [0.717, 1.165) is 0 Å². The van der Waals surface area contributed by atoms with Gasteiger partial charge in [0.15, 0.2) is 11.6 Å². The number of amides is 1. The van der Waals surface area contributed by atoms with Gasteiger partial charge in [-0.25, -0.2) is 12.8 Å². The molecule has 7 nitrogen and oxygen atoms in total. The Morgan fingerprint density at radius 3 is 2.42 bits per heavy atom. The Kier molecular flexibility index (Phi) is 6.81. The molecule has 1 saturated heterocycles. The maximum Gasteiger partial charge on any atom is 0.246 e. The fourth-order valence-corrected chi connectivity index (χ4v) is 4.84. The van der Waals surface area contributed by atoms with E-state index in [-0.39, 0.29) is 42.7 Å². The van der Waals surface area contributed by atoms with E-state index in [2.05, 4.69) is 4.98 Å². The number of rotatable bonds is 6. The van der Waals surface area contributed by atoms with Crippen LogP contribution in [0.5, 0.6) is 11.5 Å². The van der Waals surface area contributed by atoms with Crippen molar-refractivity contribution >= 4 is 22.0 Å². The van der Waals surface area contributed by atoms with Crippen molar-refractivity contribution in [3.8, 4) is 11.5 Å². The van der Waals surface area contributed by atoms with Crippen molar-refractivity contribution in [2.45, 2.75) is 4.90 Å². The topological polar surface area (TPSA) is 79.8 Å². The molecule has 2 heterocycles. The van der Waals surface area contributed by atoms with Crippen LogP contribution in [0.1, 0.15) is 5.56 Å². The van der Waals surface area contributed by atoms with E-state index in [4.69, 9.17) is 4.74 Å². The Morgan fingerprint density at radius 1 is 1.00 bits per heavy atom. The maximum atomic E-state index is 14.4. The number of pyridine rings is 1. The molecule has 1 aromatic heterocycles. The minimum atomic E-state index is -3.58. The zero-order valence-electron chi connectivity index (χ0n) is 17.7. The Morgan fingerprint density at radius 2 is 1.76 bits per heavy atom. The summed E-state index contributed by atoms with van der Waals surface area (Å²) in [5, 5.41) is 0. The highest BCUT2D eigenvalue weighted by molar-refractivity contribution is 7.89. The van der Waals surface area contributed by atoms with Crippen LogP contribution in [-0.2, 0) is 14.8 Å². The SMILES string of the molecule is O=C(/C=C/c1ccc(Oc2cccnc2)c(F)c1)N1CCN(S(=O)(=O)c2ccccc2)CC1. The first-order valence-corrected chi connectivity index (χ1v) is 11.8. The van der Waals surface area contributed by atoms with E-state index < -0.39 is 15.8 Å². The second-order valence-corrected chi connectivity index (χ2v) is 9.29. The van der Waals surface area contributed by atoms with Gasteiger partial charge in [-0.2, -0.15) is 4.31 Å². The van der Waals surface area contributed by atoms with Crippen LogP contribution in [0.25, 0.3) is 6.08 Å². The third-order valence-electron chi connectivity index (χ3n) is 5.17. The molecular formula is C24H22FN3O4S. The summed E-state index contributed by atoms with van der Waals surface area (Å²) in [6, 6.07) is 16.0. The molecule has 4 rings (SSSR count). The van der Waals surface area contributed by atoms with Crippen LogP contribution in [0, 0.1) is 5.82 Å². The lowest BCUT2D eigenvalue weighted by Crippen LogP contribution is -2.50. The molecule has 0 saturated carbocycles. The van der Waals surface area contributed by atoms with Crippen molar-refractivity contribution in [2.75, 3.05) is 26.2 Å². The summed E-state index contributed by atoms with van der Waals surface area (Å²) in [7, 11) is -3.58. The number of hydrogen-bond donors (Lipinski definition) is 0. The van der Waals surface area contributed by atoms with E-state index in [1.807, 2.05) is 0 Å². The summed E-state index contributed by atoms with van der Waals surface area (Å²) in [5.41, 5.74) is 0.504. The zero-order valence-corrected chi connectivity index (χ0v) is 18.5. The number of aromatic nitrogens is 1. The molecule has 0 aliphatic carbocycles. The van der Waals surface area contributed by atoms with Crippen LogP contribution >= 0.6 is 0 Å². The predicted molar refractivity (Wildman–Crippen MR) is 122 cm³/mol. The van der Waals surface area contributed by atoms with Gasteiger partial charge in [0.2, 0.25) is 15.9 Å². The molecule has 2 aromatic carbocycles. The van der Waals surface area contributed by atoms with E-state index in [0.29, 0.717) is 11.3 Å². The summed E-state index contributed by atoms with van der Waals surface area (Å²) in [6.45, 7) is 0.987. The van der Waals surface area contributed by atoms with Crippen LogP contribution < -0.4 is 4.74 Å². The first-order chi connectivity index (χ1) is 15.9. The number of carbonyl (C=O) groups excluding carboxylic acids is 1. The standard InChI is InChI=1S/C24H22FN3O4S/c25-22-17-19(8-10-23(22)32-20-5-4-12-26-18-20)9-11-24(29)27-13-15-28(16-14-27)33(30,31)21-6-2-1-3-7-21/h1-12,17-18H,13-16H2/b11-9+. The van der Waals surface area contributed by atoms with Crippen molar-refractivity contribution in [3.05, 3.63) is 90.5 Å². The number of benzene rings is 2. The minimum absolute atomic E-state index is 0.0576. The molecule has 0 atom stereocenters. The molecule has 1 amide bonds. The van der Waals surface area contributed by atoms with Crippen molar-refractivity contribution in [1.82, 2.24) is 14.2 Å². The summed E-state index contributed by atoms with van der Waals surface area (Å²) < 4.78 is 46.6. The van der Waals surface area contributed by atoms with Gasteiger partial charge < -0.3 is 9.64 Å². The maximum absolute atomic E-state index is 14.4. The van der Waals surface area contributed by atoms with E-state index in [1.165, 1.54) is 34.8 Å². The van der Waals surface area contributed by atoms with Crippen LogP contribution in [0.2, 0.25) is 0 Å². The quantitative estimate of drug-likeness (QED) is 0.518. The third-order valence-corrected chi connectivity index (χ3v) is 7.08. The first-order valence-electron chi connectivity index (χ1n) is 10.3. The third kappa shape index (κ3) is 5.44. The zero-order chi connectivity index (χ0) is 23.3. The molecule has 0 unspecified atom stereocenters. The van der Waals surface area contributed by atoms with Gasteiger partial charge in [-0.15, -0.1) is 0 Å². The molecule has 3 aromatic rings. The van der Waals surface area contributed by atoms with Crippen LogP contribution in [0.3, 0.4) is 0 Å². The molecule has 0 radical (unpaired) electrons. The van der Waals surface area contributed by atoms with Gasteiger partial charge >= 0.3 is 0 Å². The lowest BCUT2D eigenvalue weighted by atomic mass is 10.2. The van der Waals surface area contributed by atoms with Crippen LogP contribution in [-0.4, -0.2) is 54.7 Å². The highest BCUT2D eigenvalue weighted by Crippen LogP contribution is 2.25. The molecule has 9 heteroatoms. The van der Waals surface area contributed by atoms with Gasteiger partial charge in [-0.1, -0.05) is 24.3 Å². The fraction of sp³-hybridized carbons (Fsp3) is 0.167. The highest BCUT2D eigenvalue weighted by Gasteiger charge is 2.29. The lowest BCUT2D eigenvalue weighted by Gasteiger charge is -2.33. The van der Waals surface area contributed by atoms with Gasteiger partial charge in [-0.3, -0.25) is 9.78 Å². The Labute approximate surface area is 191 Å². The molecular weight excluding hydrogens is 445 g/mol. The number of carbonyl (C=O) groups is 1. The average Bonchev–Trinajstić information content (AvgIpc) is 2.85. The fourth-order valence-electron chi connectivity index (χ4n) is 3.40. The monoisotopic (exact) mass is 467 g/mol. The molecule has 0 bridgehead atoms. The van der Waals surface area contributed by atoms with Crippen molar-refractivity contribution in [3.63, 3.8) is 0 Å². The summed E-state index contributed by atoms with van der Waals surface area (Å²) >= 11 is 0. The van der Waals surface area contributed by atoms with Crippen LogP contribution in [0.4, 0.5) is 4.39 Å². The molecule has 0 spiro atoms. The van der Waals surface area contributed by atoms with Crippen LogP contribution in [0.15, 0.2) is 84.0 Å². The number of hydrogen-bond acceptors (Lipinski definition) is 5. The highest BCUT2D eigenvalue weighted by atomic mass is 32.2. The molecule has 1 aliphatic heterocycles. The van der Waals surface area contributed by atoms with Gasteiger partial charge in [0.05, 0.1) is 11.1 Å². The lowest BCUT2D eigenvalue weighted by molar-refractivity contribution is -0.127. The van der Waals surface area contributed by atoms with Crippen molar-refractivity contribution < 1.29 is 22.3 Å². The molecule has 1 fully saturated rings.